The van der Waals surface area contributed by atoms with E-state index in [4.69, 9.17) is 22.5 Å². The SMILES string of the molecule is N/C(CNC(=O)c1cccc(Br)c1Cl)=N/O. The van der Waals surface area contributed by atoms with Gasteiger partial charge in [-0.25, -0.2) is 0 Å². The first-order valence-corrected chi connectivity index (χ1v) is 5.42. The highest BCUT2D eigenvalue weighted by molar-refractivity contribution is 9.10. The summed E-state index contributed by atoms with van der Waals surface area (Å²) in [6.45, 7) is -0.0435. The second kappa shape index (κ2) is 5.72. The molecule has 16 heavy (non-hydrogen) atoms. The summed E-state index contributed by atoms with van der Waals surface area (Å²) in [6, 6.07) is 4.99. The average molecular weight is 307 g/mol. The predicted octanol–water partition coefficient (Wildman–Crippen LogP) is 1.58. The third kappa shape index (κ3) is 3.11. The third-order valence-electron chi connectivity index (χ3n) is 1.75. The van der Waals surface area contributed by atoms with E-state index in [-0.39, 0.29) is 12.4 Å². The van der Waals surface area contributed by atoms with Crippen LogP contribution >= 0.6 is 27.5 Å². The molecule has 0 aliphatic carbocycles. The first-order valence-electron chi connectivity index (χ1n) is 4.25. The molecule has 0 atom stereocenters. The maximum Gasteiger partial charge on any atom is 0.253 e. The summed E-state index contributed by atoms with van der Waals surface area (Å²) >= 11 is 9.13. The number of hydrogen-bond acceptors (Lipinski definition) is 3. The van der Waals surface area contributed by atoms with Crippen molar-refractivity contribution in [3.8, 4) is 0 Å². The Kier molecular flexibility index (Phi) is 4.57. The molecule has 0 aliphatic rings. The van der Waals surface area contributed by atoms with E-state index >= 15 is 0 Å². The minimum absolute atomic E-state index is 0.0435. The van der Waals surface area contributed by atoms with Gasteiger partial charge < -0.3 is 16.3 Å². The van der Waals surface area contributed by atoms with E-state index in [0.717, 1.165) is 0 Å². The van der Waals surface area contributed by atoms with Crippen molar-refractivity contribution in [2.24, 2.45) is 10.9 Å². The van der Waals surface area contributed by atoms with Gasteiger partial charge in [0.25, 0.3) is 5.91 Å². The topological polar surface area (TPSA) is 87.7 Å². The summed E-state index contributed by atoms with van der Waals surface area (Å²) in [5.41, 5.74) is 5.53. The molecule has 1 aromatic carbocycles. The first kappa shape index (κ1) is 12.8. The van der Waals surface area contributed by atoms with E-state index in [9.17, 15) is 4.79 Å². The fourth-order valence-corrected chi connectivity index (χ4v) is 1.56. The maximum atomic E-state index is 11.6. The van der Waals surface area contributed by atoms with Crippen molar-refractivity contribution in [1.29, 1.82) is 0 Å². The van der Waals surface area contributed by atoms with Crippen molar-refractivity contribution in [1.82, 2.24) is 5.32 Å². The molecule has 0 radical (unpaired) electrons. The molecule has 7 heteroatoms. The van der Waals surface area contributed by atoms with Crippen LogP contribution in [-0.2, 0) is 0 Å². The molecule has 1 amide bonds. The van der Waals surface area contributed by atoms with Crippen LogP contribution in [0, 0.1) is 0 Å². The highest BCUT2D eigenvalue weighted by atomic mass is 79.9. The minimum Gasteiger partial charge on any atom is -0.409 e. The van der Waals surface area contributed by atoms with E-state index in [0.29, 0.717) is 15.1 Å². The predicted molar refractivity (Wildman–Crippen MR) is 64.9 cm³/mol. The van der Waals surface area contributed by atoms with Crippen molar-refractivity contribution in [3.05, 3.63) is 33.3 Å². The number of hydrogen-bond donors (Lipinski definition) is 3. The van der Waals surface area contributed by atoms with Crippen molar-refractivity contribution in [3.63, 3.8) is 0 Å². The van der Waals surface area contributed by atoms with Crippen LogP contribution in [0.3, 0.4) is 0 Å². The Morgan fingerprint density at radius 2 is 2.31 bits per heavy atom. The molecule has 0 aliphatic heterocycles. The Morgan fingerprint density at radius 3 is 2.94 bits per heavy atom. The van der Waals surface area contributed by atoms with Gasteiger partial charge >= 0.3 is 0 Å². The molecule has 0 unspecified atom stereocenters. The Morgan fingerprint density at radius 1 is 1.62 bits per heavy atom. The molecule has 0 aromatic heterocycles. The van der Waals surface area contributed by atoms with Crippen LogP contribution in [0.2, 0.25) is 5.02 Å². The zero-order chi connectivity index (χ0) is 12.1. The molecular formula is C9H9BrClN3O2. The standard InChI is InChI=1S/C9H9BrClN3O2/c10-6-3-1-2-5(8(6)11)9(15)13-4-7(12)14-16/h1-3,16H,4H2,(H2,12,14)(H,13,15). The van der Waals surface area contributed by atoms with Gasteiger partial charge in [-0.1, -0.05) is 22.8 Å². The van der Waals surface area contributed by atoms with Crippen LogP contribution in [-0.4, -0.2) is 23.5 Å². The molecule has 0 fully saturated rings. The monoisotopic (exact) mass is 305 g/mol. The number of benzene rings is 1. The number of rotatable bonds is 3. The number of oxime groups is 1. The third-order valence-corrected chi connectivity index (χ3v) is 3.05. The highest BCUT2D eigenvalue weighted by Gasteiger charge is 2.11. The number of nitrogens with two attached hydrogens (primary N) is 1. The van der Waals surface area contributed by atoms with Crippen LogP contribution in [0.1, 0.15) is 10.4 Å². The van der Waals surface area contributed by atoms with Gasteiger partial charge in [0.05, 0.1) is 17.1 Å². The van der Waals surface area contributed by atoms with Gasteiger partial charge in [0.2, 0.25) is 0 Å². The van der Waals surface area contributed by atoms with Crippen molar-refractivity contribution >= 4 is 39.3 Å². The normalized spacial score (nSPS) is 11.2. The van der Waals surface area contributed by atoms with E-state index < -0.39 is 5.91 Å². The Bertz CT molecular complexity index is 437. The van der Waals surface area contributed by atoms with E-state index in [1.807, 2.05) is 0 Å². The number of carbonyl (C=O) groups excluding carboxylic acids is 1. The Balaban J connectivity index is 2.78. The number of halogens is 2. The van der Waals surface area contributed by atoms with Gasteiger partial charge in [-0.2, -0.15) is 0 Å². The first-order chi connectivity index (χ1) is 7.56. The van der Waals surface area contributed by atoms with Gasteiger partial charge in [0.1, 0.15) is 0 Å². The summed E-state index contributed by atoms with van der Waals surface area (Å²) < 4.78 is 0.630. The lowest BCUT2D eigenvalue weighted by Crippen LogP contribution is -2.33. The van der Waals surface area contributed by atoms with Gasteiger partial charge in [-0.05, 0) is 28.1 Å². The molecule has 0 spiro atoms. The average Bonchev–Trinajstić information content (AvgIpc) is 2.29. The zero-order valence-electron chi connectivity index (χ0n) is 8.08. The smallest absolute Gasteiger partial charge is 0.253 e. The summed E-state index contributed by atoms with van der Waals surface area (Å²) in [4.78, 5) is 11.6. The Labute approximate surface area is 105 Å². The number of nitrogens with zero attached hydrogens (tertiary/aromatic N) is 1. The van der Waals surface area contributed by atoms with Crippen LogP contribution in [0.25, 0.3) is 0 Å². The fraction of sp³-hybridized carbons (Fsp3) is 0.111. The molecule has 0 bridgehead atoms. The quantitative estimate of drug-likeness (QED) is 0.343. The van der Waals surface area contributed by atoms with Crippen molar-refractivity contribution < 1.29 is 10.0 Å². The molecule has 4 N–H and O–H groups in total. The molecule has 1 rings (SSSR count). The summed E-state index contributed by atoms with van der Waals surface area (Å²) in [5.74, 6) is -0.475. The second-order valence-corrected chi connectivity index (χ2v) is 4.11. The highest BCUT2D eigenvalue weighted by Crippen LogP contribution is 2.25. The maximum absolute atomic E-state index is 11.6. The summed E-state index contributed by atoms with van der Waals surface area (Å²) in [5, 5.41) is 13.8. The second-order valence-electron chi connectivity index (χ2n) is 2.88. The van der Waals surface area contributed by atoms with Gasteiger partial charge in [0, 0.05) is 4.47 Å². The molecular weight excluding hydrogens is 297 g/mol. The summed E-state index contributed by atoms with van der Waals surface area (Å²) in [7, 11) is 0. The number of carbonyl (C=O) groups is 1. The van der Waals surface area contributed by atoms with Gasteiger partial charge in [0.15, 0.2) is 5.84 Å². The minimum atomic E-state index is -0.391. The van der Waals surface area contributed by atoms with Crippen molar-refractivity contribution in [2.75, 3.05) is 6.54 Å². The van der Waals surface area contributed by atoms with Crippen LogP contribution in [0.15, 0.2) is 27.8 Å². The van der Waals surface area contributed by atoms with Crippen LogP contribution in [0.5, 0.6) is 0 Å². The largest absolute Gasteiger partial charge is 0.409 e. The molecule has 86 valence electrons. The molecule has 1 aromatic rings. The fourth-order valence-electron chi connectivity index (χ4n) is 0.981. The van der Waals surface area contributed by atoms with E-state index in [1.165, 1.54) is 0 Å². The zero-order valence-corrected chi connectivity index (χ0v) is 10.4. The van der Waals surface area contributed by atoms with Crippen molar-refractivity contribution in [2.45, 2.75) is 0 Å². The number of amidine groups is 1. The lowest BCUT2D eigenvalue weighted by molar-refractivity contribution is 0.0959. The number of amides is 1. The lowest BCUT2D eigenvalue weighted by atomic mass is 10.2. The van der Waals surface area contributed by atoms with E-state index in [1.54, 1.807) is 18.2 Å². The van der Waals surface area contributed by atoms with Crippen LogP contribution in [0.4, 0.5) is 0 Å². The molecule has 0 saturated heterocycles. The Hall–Kier alpha value is -1.27. The molecule has 5 nitrogen and oxygen atoms in total. The summed E-state index contributed by atoms with van der Waals surface area (Å²) in [6.07, 6.45) is 0. The number of nitrogens with one attached hydrogen (secondary N) is 1. The van der Waals surface area contributed by atoms with Gasteiger partial charge in [-0.15, -0.1) is 0 Å². The molecule has 0 saturated carbocycles. The van der Waals surface area contributed by atoms with Gasteiger partial charge in [-0.3, -0.25) is 4.79 Å². The lowest BCUT2D eigenvalue weighted by Gasteiger charge is -2.06. The van der Waals surface area contributed by atoms with Crippen LogP contribution < -0.4 is 11.1 Å². The van der Waals surface area contributed by atoms with E-state index in [2.05, 4.69) is 26.4 Å². The molecule has 0 heterocycles.